The number of imidazole rings is 1. The van der Waals surface area contributed by atoms with Gasteiger partial charge in [-0.3, -0.25) is 4.98 Å². The van der Waals surface area contributed by atoms with Gasteiger partial charge in [0.2, 0.25) is 0 Å². The average Bonchev–Trinajstić information content (AvgIpc) is 3.90. The van der Waals surface area contributed by atoms with Crippen LogP contribution in [0.25, 0.3) is 77.6 Å². The summed E-state index contributed by atoms with van der Waals surface area (Å²) in [5.41, 5.74) is 14.1. The van der Waals surface area contributed by atoms with Gasteiger partial charge in [0.05, 0.1) is 16.9 Å². The summed E-state index contributed by atoms with van der Waals surface area (Å²) in [6.45, 7) is 29.9. The Morgan fingerprint density at radius 1 is 0.543 bits per heavy atom. The standard InChI is InChI=1S/C64H62N4O.Pt/c1-60(2,3)41-26-29-53(48(35-41)39-20-15-14-16-21-39)67-54-25-18-17-24-52(54)66-59(67)40-32-43(62(7,8)9)34-45(33-40)69-44-27-28-46-49-38-51-57-47(22-19-23-50(57)63(10,11)64(51,12)13)58(49)68(55(46)37-44)56-36-42(30-31-65-56)61(4,5)6;/h14-32,34-36,38H,1-13H3;/q-2;+2. The van der Waals surface area contributed by atoms with Gasteiger partial charge in [-0.2, -0.15) is 6.07 Å². The molecule has 3 aromatic heterocycles. The topological polar surface area (TPSA) is 44.9 Å². The van der Waals surface area contributed by atoms with E-state index in [1.165, 1.54) is 38.4 Å². The molecule has 0 unspecified atom stereocenters. The van der Waals surface area contributed by atoms with Gasteiger partial charge in [0.25, 0.3) is 0 Å². The summed E-state index contributed by atoms with van der Waals surface area (Å²) in [5, 5.41) is 4.88. The first kappa shape index (κ1) is 47.4. The number of aromatic nitrogens is 4. The maximum absolute atomic E-state index is 7.04. The molecular formula is C64H62N4OPt. The maximum Gasteiger partial charge on any atom is 2.00 e. The molecule has 5 nitrogen and oxygen atoms in total. The van der Waals surface area contributed by atoms with Gasteiger partial charge in [-0.1, -0.05) is 180 Å². The second-order valence-electron chi connectivity index (χ2n) is 23.5. The van der Waals surface area contributed by atoms with Crippen molar-refractivity contribution >= 4 is 43.6 Å². The van der Waals surface area contributed by atoms with Crippen LogP contribution in [0, 0.1) is 12.1 Å². The van der Waals surface area contributed by atoms with Crippen LogP contribution in [0.15, 0.2) is 140 Å². The quantitative estimate of drug-likeness (QED) is 0.156. The van der Waals surface area contributed by atoms with E-state index in [0.717, 1.165) is 67.0 Å². The summed E-state index contributed by atoms with van der Waals surface area (Å²) in [6.07, 6.45) is 1.95. The third-order valence-electron chi connectivity index (χ3n) is 15.4. The Morgan fingerprint density at radius 3 is 1.96 bits per heavy atom. The molecule has 0 amide bonds. The van der Waals surface area contributed by atoms with Crippen LogP contribution < -0.4 is 4.74 Å². The largest absolute Gasteiger partial charge is 2.00 e. The Labute approximate surface area is 428 Å². The van der Waals surface area contributed by atoms with E-state index in [-0.39, 0.29) is 48.1 Å². The molecule has 7 aromatic carbocycles. The number of nitrogens with zero attached hydrogens (tertiary/aromatic N) is 4. The van der Waals surface area contributed by atoms with Gasteiger partial charge in [0.15, 0.2) is 0 Å². The number of benzene rings is 7. The van der Waals surface area contributed by atoms with Crippen LogP contribution in [-0.4, -0.2) is 19.1 Å². The number of pyridine rings is 1. The second kappa shape index (κ2) is 16.4. The molecule has 0 fully saturated rings. The van der Waals surface area contributed by atoms with Crippen molar-refractivity contribution in [3.63, 3.8) is 0 Å². The van der Waals surface area contributed by atoms with Gasteiger partial charge in [-0.15, -0.1) is 34.7 Å². The van der Waals surface area contributed by atoms with Crippen molar-refractivity contribution in [3.05, 3.63) is 180 Å². The minimum Gasteiger partial charge on any atom is -0.503 e. The monoisotopic (exact) mass is 1100 g/mol. The summed E-state index contributed by atoms with van der Waals surface area (Å²) in [6, 6.07) is 55.9. The van der Waals surface area contributed by atoms with E-state index < -0.39 is 0 Å². The smallest absolute Gasteiger partial charge is 0.503 e. The number of para-hydroxylation sites is 2. The van der Waals surface area contributed by atoms with Gasteiger partial charge in [-0.05, 0) is 102 Å². The van der Waals surface area contributed by atoms with E-state index in [4.69, 9.17) is 14.7 Å². The average molecular weight is 1100 g/mol. The van der Waals surface area contributed by atoms with Crippen molar-refractivity contribution in [1.29, 1.82) is 0 Å². The predicted molar refractivity (Wildman–Crippen MR) is 288 cm³/mol. The molecule has 1 aliphatic carbocycles. The first-order valence-corrected chi connectivity index (χ1v) is 24.5. The molecular weight excluding hydrogens is 1040 g/mol. The summed E-state index contributed by atoms with van der Waals surface area (Å²) < 4.78 is 11.7. The van der Waals surface area contributed by atoms with Crippen molar-refractivity contribution in [2.45, 2.75) is 117 Å². The van der Waals surface area contributed by atoms with E-state index in [2.05, 4.69) is 245 Å². The Kier molecular flexibility index (Phi) is 11.1. The molecule has 0 atom stereocenters. The normalized spacial score (nSPS) is 14.5. The van der Waals surface area contributed by atoms with Crippen molar-refractivity contribution < 1.29 is 25.8 Å². The van der Waals surface area contributed by atoms with Crippen LogP contribution in [0.1, 0.15) is 118 Å². The van der Waals surface area contributed by atoms with Gasteiger partial charge in [0, 0.05) is 39.8 Å². The number of hydrogen-bond acceptors (Lipinski definition) is 3. The van der Waals surface area contributed by atoms with E-state index in [0.29, 0.717) is 11.5 Å². The molecule has 0 N–H and O–H groups in total. The predicted octanol–water partition coefficient (Wildman–Crippen LogP) is 16.9. The van der Waals surface area contributed by atoms with Gasteiger partial charge >= 0.3 is 21.1 Å². The van der Waals surface area contributed by atoms with Crippen LogP contribution >= 0.6 is 0 Å². The van der Waals surface area contributed by atoms with Crippen molar-refractivity contribution in [2.24, 2.45) is 0 Å². The number of hydrogen-bond donors (Lipinski definition) is 0. The summed E-state index contributed by atoms with van der Waals surface area (Å²) in [5.74, 6) is 2.86. The fourth-order valence-electron chi connectivity index (χ4n) is 10.6. The first-order valence-electron chi connectivity index (χ1n) is 24.5. The maximum atomic E-state index is 7.04. The Bertz CT molecular complexity index is 3700. The molecule has 0 bridgehead atoms. The molecule has 0 spiro atoms. The molecule has 1 aliphatic rings. The molecule has 0 radical (unpaired) electrons. The van der Waals surface area contributed by atoms with Gasteiger partial charge in [-0.25, -0.2) is 4.98 Å². The van der Waals surface area contributed by atoms with E-state index >= 15 is 0 Å². The zero-order chi connectivity index (χ0) is 48.6. The minimum atomic E-state index is -0.211. The molecule has 11 rings (SSSR count). The molecule has 354 valence electrons. The Balaban J connectivity index is 0.00000567. The van der Waals surface area contributed by atoms with E-state index in [1.54, 1.807) is 0 Å². The van der Waals surface area contributed by atoms with Crippen molar-refractivity contribution in [2.75, 3.05) is 0 Å². The molecule has 3 heterocycles. The van der Waals surface area contributed by atoms with Crippen LogP contribution in [-0.2, 0) is 48.1 Å². The summed E-state index contributed by atoms with van der Waals surface area (Å²) in [4.78, 5) is 10.5. The Morgan fingerprint density at radius 2 is 1.23 bits per heavy atom. The fourth-order valence-corrected chi connectivity index (χ4v) is 10.6. The molecule has 0 saturated carbocycles. The van der Waals surface area contributed by atoms with E-state index in [1.807, 2.05) is 6.20 Å². The first-order chi connectivity index (χ1) is 32.6. The molecule has 10 aromatic rings. The minimum absolute atomic E-state index is 0. The summed E-state index contributed by atoms with van der Waals surface area (Å²) >= 11 is 0. The Hall–Kier alpha value is -6.29. The number of rotatable bonds is 6. The second-order valence-corrected chi connectivity index (χ2v) is 23.5. The van der Waals surface area contributed by atoms with Crippen molar-refractivity contribution in [3.8, 4) is 45.5 Å². The van der Waals surface area contributed by atoms with Crippen LogP contribution in [0.5, 0.6) is 11.5 Å². The van der Waals surface area contributed by atoms with Gasteiger partial charge in [0.1, 0.15) is 5.82 Å². The summed E-state index contributed by atoms with van der Waals surface area (Å²) in [7, 11) is 0. The van der Waals surface area contributed by atoms with Crippen LogP contribution in [0.3, 0.4) is 0 Å². The van der Waals surface area contributed by atoms with E-state index in [9.17, 15) is 0 Å². The molecule has 0 saturated heterocycles. The molecule has 6 heteroatoms. The van der Waals surface area contributed by atoms with Crippen molar-refractivity contribution in [1.82, 2.24) is 19.1 Å². The number of ether oxygens (including phenoxy) is 1. The van der Waals surface area contributed by atoms with Crippen LogP contribution in [0.2, 0.25) is 0 Å². The van der Waals surface area contributed by atoms with Crippen LogP contribution in [0.4, 0.5) is 0 Å². The number of fused-ring (bicyclic) bond motifs is 5. The van der Waals surface area contributed by atoms with Gasteiger partial charge < -0.3 is 13.9 Å². The third-order valence-corrected chi connectivity index (χ3v) is 15.4. The molecule has 0 aliphatic heterocycles. The fraction of sp³-hybridized carbons (Fsp3) is 0.281. The third kappa shape index (κ3) is 7.54. The zero-order valence-electron chi connectivity index (χ0n) is 42.8. The molecule has 70 heavy (non-hydrogen) atoms. The SMILES string of the molecule is CC(C)(C)c1cc(Oc2[c-]c3c(cc2)c2cc4c5c(cccc5c2n3-c2cc(C(C)(C)C)ccn2)C(C)(C)C4(C)C)[c-]c(-c2nc3ccccc3n2-c2ccc(C(C)(C)C)cc2-c2ccccc2)c1.[Pt+2]. The zero-order valence-corrected chi connectivity index (χ0v) is 45.1.